The van der Waals surface area contributed by atoms with Gasteiger partial charge in [0.1, 0.15) is 11.6 Å². The molecule has 102 valence electrons. The molecule has 20 heavy (non-hydrogen) atoms. The Hall–Kier alpha value is -1.90. The summed E-state index contributed by atoms with van der Waals surface area (Å²) in [5.74, 6) is 2.00. The minimum atomic E-state index is 0.349. The molecule has 0 amide bonds. The van der Waals surface area contributed by atoms with E-state index >= 15 is 0 Å². The van der Waals surface area contributed by atoms with Crippen LogP contribution in [0.4, 0.5) is 5.82 Å². The van der Waals surface area contributed by atoms with Gasteiger partial charge >= 0.3 is 0 Å². The van der Waals surface area contributed by atoms with Crippen LogP contribution in [0.3, 0.4) is 0 Å². The summed E-state index contributed by atoms with van der Waals surface area (Å²) in [6.07, 6.45) is 6.87. The Morgan fingerprint density at radius 2 is 1.85 bits per heavy atom. The molecule has 2 aliphatic rings. The normalized spacial score (nSPS) is 20.5. The molecule has 1 aromatic carbocycles. The smallest absolute Gasteiger partial charge is 0.138 e. The van der Waals surface area contributed by atoms with Crippen LogP contribution in [0.2, 0.25) is 0 Å². The maximum Gasteiger partial charge on any atom is 0.138 e. The van der Waals surface area contributed by atoms with Gasteiger partial charge in [-0.1, -0.05) is 30.7 Å². The van der Waals surface area contributed by atoms with Crippen molar-refractivity contribution in [1.82, 2.24) is 9.97 Å². The second kappa shape index (κ2) is 4.58. The fourth-order valence-corrected chi connectivity index (χ4v) is 3.46. The Morgan fingerprint density at radius 3 is 2.75 bits per heavy atom. The number of anilines is 1. The van der Waals surface area contributed by atoms with E-state index in [2.05, 4.69) is 29.2 Å². The molecular formula is C17H19N3. The van der Waals surface area contributed by atoms with Crippen LogP contribution in [0.25, 0.3) is 0 Å². The number of aromatic nitrogens is 2. The van der Waals surface area contributed by atoms with E-state index in [0.29, 0.717) is 5.92 Å². The van der Waals surface area contributed by atoms with Crippen LogP contribution in [0.15, 0.2) is 24.3 Å². The molecule has 0 bridgehead atoms. The van der Waals surface area contributed by atoms with Crippen LogP contribution in [0, 0.1) is 0 Å². The lowest BCUT2D eigenvalue weighted by atomic mass is 9.77. The predicted octanol–water partition coefficient (Wildman–Crippen LogP) is 3.02. The maximum absolute atomic E-state index is 6.20. The number of hydrogen-bond donors (Lipinski definition) is 1. The number of rotatable bonds is 1. The molecule has 2 aromatic rings. The molecule has 2 N–H and O–H groups in total. The topological polar surface area (TPSA) is 51.8 Å². The van der Waals surface area contributed by atoms with Crippen molar-refractivity contribution >= 4 is 5.82 Å². The highest BCUT2D eigenvalue weighted by Crippen LogP contribution is 2.39. The number of benzene rings is 1. The summed E-state index contributed by atoms with van der Waals surface area (Å²) in [5, 5.41) is 0. The third-order valence-electron chi connectivity index (χ3n) is 4.65. The van der Waals surface area contributed by atoms with Gasteiger partial charge in [0, 0.05) is 17.2 Å². The van der Waals surface area contributed by atoms with Gasteiger partial charge in [-0.2, -0.15) is 0 Å². The first-order valence-electron chi connectivity index (χ1n) is 7.56. The van der Waals surface area contributed by atoms with E-state index in [4.69, 9.17) is 10.7 Å². The number of nitrogens with zero attached hydrogens (tertiary/aromatic N) is 2. The summed E-state index contributed by atoms with van der Waals surface area (Å²) >= 11 is 0. The standard InChI is InChI=1S/C17H19N3/c18-16-13-8-2-1-3-9-15(13)19-17(20-16)14-10-11-6-4-5-7-12(11)14/h4-7,14H,1-3,8-10H2,(H2,18,19,20). The Labute approximate surface area is 119 Å². The minimum absolute atomic E-state index is 0.349. The Kier molecular flexibility index (Phi) is 2.72. The fraction of sp³-hybridized carbons (Fsp3) is 0.412. The summed E-state index contributed by atoms with van der Waals surface area (Å²) in [7, 11) is 0. The summed E-state index contributed by atoms with van der Waals surface area (Å²) in [6, 6.07) is 8.58. The van der Waals surface area contributed by atoms with Gasteiger partial charge in [0.25, 0.3) is 0 Å². The van der Waals surface area contributed by atoms with Crippen LogP contribution < -0.4 is 5.73 Å². The summed E-state index contributed by atoms with van der Waals surface area (Å²) in [4.78, 5) is 9.48. The molecule has 4 rings (SSSR count). The Bertz CT molecular complexity index is 663. The zero-order valence-electron chi connectivity index (χ0n) is 11.6. The first-order chi connectivity index (χ1) is 9.83. The lowest BCUT2D eigenvalue weighted by molar-refractivity contribution is 0.650. The third-order valence-corrected chi connectivity index (χ3v) is 4.65. The van der Waals surface area contributed by atoms with Crippen LogP contribution in [-0.2, 0) is 19.3 Å². The van der Waals surface area contributed by atoms with Crippen molar-refractivity contribution in [3.05, 3.63) is 52.5 Å². The van der Waals surface area contributed by atoms with Crippen molar-refractivity contribution in [2.75, 3.05) is 5.73 Å². The van der Waals surface area contributed by atoms with Gasteiger partial charge in [0.2, 0.25) is 0 Å². The van der Waals surface area contributed by atoms with Crippen molar-refractivity contribution in [2.45, 2.75) is 44.4 Å². The molecule has 0 saturated carbocycles. The van der Waals surface area contributed by atoms with Crippen LogP contribution in [-0.4, -0.2) is 9.97 Å². The van der Waals surface area contributed by atoms with E-state index < -0.39 is 0 Å². The zero-order chi connectivity index (χ0) is 13.5. The second-order valence-electron chi connectivity index (χ2n) is 5.91. The monoisotopic (exact) mass is 265 g/mol. The van der Waals surface area contributed by atoms with E-state index in [9.17, 15) is 0 Å². The molecule has 1 atom stereocenters. The van der Waals surface area contributed by atoms with E-state index in [-0.39, 0.29) is 0 Å². The molecule has 0 radical (unpaired) electrons. The molecule has 1 unspecified atom stereocenters. The summed E-state index contributed by atoms with van der Waals surface area (Å²) < 4.78 is 0. The molecule has 1 aromatic heterocycles. The molecule has 0 saturated heterocycles. The molecule has 0 fully saturated rings. The largest absolute Gasteiger partial charge is 0.383 e. The molecule has 1 heterocycles. The molecule has 0 spiro atoms. The second-order valence-corrected chi connectivity index (χ2v) is 5.91. The average Bonchev–Trinajstić information content (AvgIpc) is 2.66. The highest BCUT2D eigenvalue weighted by atomic mass is 15.0. The molecule has 3 heteroatoms. The first kappa shape index (κ1) is 11.9. The van der Waals surface area contributed by atoms with Gasteiger partial charge in [-0.05, 0) is 43.2 Å². The van der Waals surface area contributed by atoms with Gasteiger partial charge in [-0.15, -0.1) is 0 Å². The van der Waals surface area contributed by atoms with Crippen LogP contribution >= 0.6 is 0 Å². The van der Waals surface area contributed by atoms with Crippen LogP contribution in [0.1, 0.15) is 53.4 Å². The number of fused-ring (bicyclic) bond motifs is 2. The molecule has 2 aliphatic carbocycles. The number of hydrogen-bond acceptors (Lipinski definition) is 3. The van der Waals surface area contributed by atoms with Crippen molar-refractivity contribution in [1.29, 1.82) is 0 Å². The van der Waals surface area contributed by atoms with Gasteiger partial charge in [0.15, 0.2) is 0 Å². The van der Waals surface area contributed by atoms with Gasteiger partial charge < -0.3 is 5.73 Å². The third kappa shape index (κ3) is 1.80. The predicted molar refractivity (Wildman–Crippen MR) is 79.7 cm³/mol. The van der Waals surface area contributed by atoms with Crippen molar-refractivity contribution in [2.24, 2.45) is 0 Å². The van der Waals surface area contributed by atoms with Crippen molar-refractivity contribution < 1.29 is 0 Å². The zero-order valence-corrected chi connectivity index (χ0v) is 11.6. The van der Waals surface area contributed by atoms with E-state index in [0.717, 1.165) is 30.9 Å². The molecule has 3 nitrogen and oxygen atoms in total. The number of nitrogen functional groups attached to an aromatic ring is 1. The quantitative estimate of drug-likeness (QED) is 0.806. The van der Waals surface area contributed by atoms with Gasteiger partial charge in [0.05, 0.1) is 0 Å². The van der Waals surface area contributed by atoms with E-state index in [1.165, 1.54) is 41.6 Å². The Balaban J connectivity index is 1.74. The van der Waals surface area contributed by atoms with Crippen LogP contribution in [0.5, 0.6) is 0 Å². The SMILES string of the molecule is Nc1nc(C2Cc3ccccc32)nc2c1CCCCC2. The molecule has 0 aliphatic heterocycles. The van der Waals surface area contributed by atoms with Gasteiger partial charge in [-0.25, -0.2) is 9.97 Å². The number of nitrogens with two attached hydrogens (primary N) is 1. The first-order valence-corrected chi connectivity index (χ1v) is 7.56. The van der Waals surface area contributed by atoms with E-state index in [1.54, 1.807) is 0 Å². The van der Waals surface area contributed by atoms with Gasteiger partial charge in [-0.3, -0.25) is 0 Å². The lowest BCUT2D eigenvalue weighted by Gasteiger charge is -2.29. The highest BCUT2D eigenvalue weighted by molar-refractivity contribution is 5.48. The fourth-order valence-electron chi connectivity index (χ4n) is 3.46. The minimum Gasteiger partial charge on any atom is -0.383 e. The average molecular weight is 265 g/mol. The Morgan fingerprint density at radius 1 is 1.00 bits per heavy atom. The van der Waals surface area contributed by atoms with Crippen molar-refractivity contribution in [3.63, 3.8) is 0 Å². The summed E-state index contributed by atoms with van der Waals surface area (Å²) in [6.45, 7) is 0. The summed E-state index contributed by atoms with van der Waals surface area (Å²) in [5.41, 5.74) is 11.4. The maximum atomic E-state index is 6.20. The molecular weight excluding hydrogens is 246 g/mol. The number of aryl methyl sites for hydroxylation is 1. The highest BCUT2D eigenvalue weighted by Gasteiger charge is 2.30. The van der Waals surface area contributed by atoms with Crippen molar-refractivity contribution in [3.8, 4) is 0 Å². The van der Waals surface area contributed by atoms with E-state index in [1.807, 2.05) is 0 Å². The lowest BCUT2D eigenvalue weighted by Crippen LogP contribution is -2.22.